The molecule has 0 spiro atoms. The molecule has 4 aromatic carbocycles. The van der Waals surface area contributed by atoms with Gasteiger partial charge in [0.25, 0.3) is 0 Å². The summed E-state index contributed by atoms with van der Waals surface area (Å²) in [5, 5.41) is 5.03. The van der Waals surface area contributed by atoms with E-state index >= 15 is 0 Å². The van der Waals surface area contributed by atoms with Crippen LogP contribution in [0.3, 0.4) is 0 Å². The first-order chi connectivity index (χ1) is 15.4. The van der Waals surface area contributed by atoms with Crippen molar-refractivity contribution < 1.29 is 4.42 Å². The summed E-state index contributed by atoms with van der Waals surface area (Å²) in [6.45, 7) is 3.59. The number of hydrogen-bond donors (Lipinski definition) is 2. The molecule has 0 unspecified atom stereocenters. The third-order valence-corrected chi connectivity index (χ3v) is 5.87. The summed E-state index contributed by atoms with van der Waals surface area (Å²) in [6, 6.07) is 14.7. The average Bonchev–Trinajstić information content (AvgIpc) is 2.78. The summed E-state index contributed by atoms with van der Waals surface area (Å²) in [5.41, 5.74) is 3.94. The van der Waals surface area contributed by atoms with E-state index in [2.05, 4.69) is 15.2 Å². The lowest BCUT2D eigenvalue weighted by Crippen LogP contribution is -2.18. The van der Waals surface area contributed by atoms with Gasteiger partial charge in [0, 0.05) is 29.1 Å². The zero-order chi connectivity index (χ0) is 22.4. The molecule has 1 heterocycles. The Kier molecular flexibility index (Phi) is 4.94. The smallest absolute Gasteiger partial charge is 0.196 e. The molecule has 0 saturated heterocycles. The maximum absolute atomic E-state index is 13.6. The molecule has 0 aliphatic heterocycles. The Balaban J connectivity index is 1.86. The molecular weight excluding hydrogens is 402 g/mol. The van der Waals surface area contributed by atoms with Crippen LogP contribution >= 0.6 is 0 Å². The first-order valence-corrected chi connectivity index (χ1v) is 10.8. The number of anilines is 1. The third-order valence-electron chi connectivity index (χ3n) is 5.87. The van der Waals surface area contributed by atoms with Crippen molar-refractivity contribution in [3.8, 4) is 0 Å². The fraction of sp³-hybridized carbons (Fsp3) is 0.231. The molecule has 0 atom stereocenters. The minimum atomic E-state index is -0.171. The number of aromatic nitrogens is 1. The molecule has 5 aromatic rings. The van der Waals surface area contributed by atoms with Gasteiger partial charge in [0.1, 0.15) is 0 Å². The molecule has 0 aliphatic rings. The number of nitrogens with zero attached hydrogens (tertiary/aromatic N) is 1. The minimum Gasteiger partial charge on any atom is -0.453 e. The molecule has 0 saturated carbocycles. The molecule has 0 amide bonds. The quantitative estimate of drug-likeness (QED) is 0.243. The van der Waals surface area contributed by atoms with Crippen molar-refractivity contribution >= 4 is 49.4 Å². The van der Waals surface area contributed by atoms with E-state index in [0.717, 1.165) is 24.0 Å². The van der Waals surface area contributed by atoms with E-state index in [1.54, 1.807) is 24.3 Å². The van der Waals surface area contributed by atoms with Crippen molar-refractivity contribution in [3.05, 3.63) is 74.5 Å². The zero-order valence-electron chi connectivity index (χ0n) is 18.4. The Morgan fingerprint density at radius 1 is 0.938 bits per heavy atom. The van der Waals surface area contributed by atoms with Crippen LogP contribution in [0.25, 0.3) is 43.7 Å². The van der Waals surface area contributed by atoms with E-state index in [1.807, 2.05) is 45.3 Å². The van der Waals surface area contributed by atoms with Crippen LogP contribution in [0.15, 0.2) is 62.5 Å². The summed E-state index contributed by atoms with van der Waals surface area (Å²) in [6.07, 6.45) is 0.902. The molecule has 6 nitrogen and oxygen atoms in total. The summed E-state index contributed by atoms with van der Waals surface area (Å²) in [7, 11) is 4.05. The molecule has 6 heteroatoms. The molecule has 2 N–H and O–H groups in total. The van der Waals surface area contributed by atoms with Crippen LogP contribution < -0.4 is 16.2 Å². The van der Waals surface area contributed by atoms with Crippen LogP contribution in [0.2, 0.25) is 0 Å². The summed E-state index contributed by atoms with van der Waals surface area (Å²) in [5.74, 6) is 0. The molecule has 0 radical (unpaired) electrons. The van der Waals surface area contributed by atoms with Crippen molar-refractivity contribution in [1.29, 1.82) is 0 Å². The van der Waals surface area contributed by atoms with Gasteiger partial charge in [-0.15, -0.1) is 0 Å². The van der Waals surface area contributed by atoms with E-state index in [1.165, 1.54) is 0 Å². The highest BCUT2D eigenvalue weighted by molar-refractivity contribution is 6.14. The first-order valence-electron chi connectivity index (χ1n) is 10.8. The predicted molar refractivity (Wildman–Crippen MR) is 132 cm³/mol. The van der Waals surface area contributed by atoms with Gasteiger partial charge in [-0.3, -0.25) is 9.59 Å². The lowest BCUT2D eigenvalue weighted by Gasteiger charge is -2.14. The fourth-order valence-electron chi connectivity index (χ4n) is 4.32. The lowest BCUT2D eigenvalue weighted by atomic mass is 9.99. The lowest BCUT2D eigenvalue weighted by molar-refractivity contribution is 0.405. The molecule has 0 fully saturated rings. The minimum absolute atomic E-state index is 0.148. The van der Waals surface area contributed by atoms with Crippen LogP contribution in [0.5, 0.6) is 0 Å². The Bertz CT molecular complexity index is 1610. The molecule has 0 aliphatic carbocycles. The predicted octanol–water partition coefficient (Wildman–Crippen LogP) is 4.61. The van der Waals surface area contributed by atoms with Crippen molar-refractivity contribution in [2.24, 2.45) is 0 Å². The maximum atomic E-state index is 13.6. The van der Waals surface area contributed by atoms with Crippen molar-refractivity contribution in [2.75, 3.05) is 32.5 Å². The molecule has 5 rings (SSSR count). The fourth-order valence-corrected chi connectivity index (χ4v) is 4.32. The number of benzene rings is 4. The van der Waals surface area contributed by atoms with Crippen LogP contribution in [-0.4, -0.2) is 37.1 Å². The van der Waals surface area contributed by atoms with Gasteiger partial charge in [0.05, 0.1) is 21.8 Å². The number of hydrogen-bond acceptors (Lipinski definition) is 5. The van der Waals surface area contributed by atoms with Crippen LogP contribution in [0.4, 0.5) is 5.69 Å². The number of nitrogens with one attached hydrogen (secondary N) is 2. The number of fused-ring (bicyclic) bond motifs is 5. The van der Waals surface area contributed by atoms with Gasteiger partial charge in [-0.05, 0) is 51.7 Å². The second-order valence-corrected chi connectivity index (χ2v) is 8.56. The van der Waals surface area contributed by atoms with Gasteiger partial charge in [-0.2, -0.15) is 0 Å². The summed E-state index contributed by atoms with van der Waals surface area (Å²) >= 11 is 0. The van der Waals surface area contributed by atoms with Gasteiger partial charge in [0.15, 0.2) is 22.0 Å². The van der Waals surface area contributed by atoms with Crippen molar-refractivity contribution in [2.45, 2.75) is 13.3 Å². The van der Waals surface area contributed by atoms with Crippen molar-refractivity contribution in [3.63, 3.8) is 0 Å². The zero-order valence-corrected chi connectivity index (χ0v) is 18.4. The van der Waals surface area contributed by atoms with E-state index < -0.39 is 0 Å². The first kappa shape index (κ1) is 20.3. The average molecular weight is 428 g/mol. The van der Waals surface area contributed by atoms with Crippen LogP contribution in [-0.2, 0) is 0 Å². The normalized spacial score (nSPS) is 11.9. The molecule has 1 aromatic heterocycles. The molecule has 0 bridgehead atoms. The Morgan fingerprint density at radius 3 is 2.38 bits per heavy atom. The summed E-state index contributed by atoms with van der Waals surface area (Å²) < 4.78 is 6.18. The van der Waals surface area contributed by atoms with Gasteiger partial charge in [-0.1, -0.05) is 30.3 Å². The standard InChI is InChI=1S/C26H25N3O3/c1-15-9-10-20-18(13-15)28-24-21(32-20)14-19(27-11-6-12-29(2)3)22-23(24)26(31)17-8-5-4-7-16(17)25(22)30/h4-5,7-10,13-14,27-28H,6,11-12H2,1-3H3. The maximum Gasteiger partial charge on any atom is 0.196 e. The summed E-state index contributed by atoms with van der Waals surface area (Å²) in [4.78, 5) is 32.6. The number of H-pyrrole nitrogens is 1. The van der Waals surface area contributed by atoms with E-state index in [9.17, 15) is 9.59 Å². The van der Waals surface area contributed by atoms with Crippen molar-refractivity contribution in [1.82, 2.24) is 9.88 Å². The van der Waals surface area contributed by atoms with E-state index in [0.29, 0.717) is 50.5 Å². The van der Waals surface area contributed by atoms with E-state index in [-0.39, 0.29) is 10.9 Å². The van der Waals surface area contributed by atoms with Crippen LogP contribution in [0.1, 0.15) is 12.0 Å². The topological polar surface area (TPSA) is 78.3 Å². The van der Waals surface area contributed by atoms with E-state index in [4.69, 9.17) is 4.42 Å². The highest BCUT2D eigenvalue weighted by Crippen LogP contribution is 2.31. The number of rotatable bonds is 5. The number of aromatic amines is 1. The van der Waals surface area contributed by atoms with Gasteiger partial charge >= 0.3 is 0 Å². The van der Waals surface area contributed by atoms with Gasteiger partial charge < -0.3 is 19.6 Å². The highest BCUT2D eigenvalue weighted by Gasteiger charge is 2.19. The third kappa shape index (κ3) is 3.33. The molecule has 32 heavy (non-hydrogen) atoms. The highest BCUT2D eigenvalue weighted by atomic mass is 16.3. The second kappa shape index (κ2) is 7.80. The Morgan fingerprint density at radius 2 is 1.66 bits per heavy atom. The SMILES string of the molecule is Cc1ccc2oc3cc(NCCCN(C)C)c4c(=O)c5ccccc5c(=O)c4c3[nH]c2c1. The molecular formula is C26H25N3O3. The Hall–Kier alpha value is -3.64. The monoisotopic (exact) mass is 427 g/mol. The Labute approximate surface area is 184 Å². The molecule has 162 valence electrons. The number of aryl methyl sites for hydroxylation is 1. The second-order valence-electron chi connectivity index (χ2n) is 8.56. The van der Waals surface area contributed by atoms with Gasteiger partial charge in [-0.25, -0.2) is 0 Å². The largest absolute Gasteiger partial charge is 0.453 e. The van der Waals surface area contributed by atoms with Gasteiger partial charge in [0.2, 0.25) is 0 Å². The van der Waals surface area contributed by atoms with Crippen LogP contribution in [0, 0.1) is 6.92 Å².